The minimum atomic E-state index is -1.97. The summed E-state index contributed by atoms with van der Waals surface area (Å²) in [6.07, 6.45) is 4.67. The zero-order valence-corrected chi connectivity index (χ0v) is 21.9. The number of rotatable bonds is 3. The summed E-state index contributed by atoms with van der Waals surface area (Å²) >= 11 is 3.40. The van der Waals surface area contributed by atoms with Crippen LogP contribution < -0.4 is 5.32 Å². The maximum Gasteiger partial charge on any atom is 0.253 e. The van der Waals surface area contributed by atoms with Crippen molar-refractivity contribution < 1.29 is 24.2 Å². The van der Waals surface area contributed by atoms with Crippen molar-refractivity contribution in [3.05, 3.63) is 58.1 Å². The number of alkyl halides is 1. The lowest BCUT2D eigenvalue weighted by molar-refractivity contribution is -0.219. The minimum Gasteiger partial charge on any atom is -0.390 e. The molecule has 4 aliphatic carbocycles. The quantitative estimate of drug-likeness (QED) is 0.525. The number of carbonyl (C=O) groups is 2. The van der Waals surface area contributed by atoms with Crippen LogP contribution in [0.5, 0.6) is 0 Å². The Labute approximate surface area is 214 Å². The van der Waals surface area contributed by atoms with Crippen LogP contribution in [-0.2, 0) is 16.1 Å². The van der Waals surface area contributed by atoms with E-state index in [0.717, 1.165) is 15.6 Å². The Morgan fingerprint density at radius 2 is 1.91 bits per heavy atom. The molecule has 0 heterocycles. The number of aliphatic hydroxyl groups excluding tert-OH is 1. The van der Waals surface area contributed by atoms with Crippen LogP contribution in [0.1, 0.15) is 52.0 Å². The van der Waals surface area contributed by atoms with E-state index in [1.165, 1.54) is 12.2 Å². The summed E-state index contributed by atoms with van der Waals surface area (Å²) in [5.41, 5.74) is -4.15. The second kappa shape index (κ2) is 8.09. The fourth-order valence-corrected chi connectivity index (χ4v) is 8.21. The van der Waals surface area contributed by atoms with Crippen LogP contribution in [0.2, 0.25) is 0 Å². The van der Waals surface area contributed by atoms with E-state index in [1.807, 2.05) is 38.1 Å². The fourth-order valence-electron chi connectivity index (χ4n) is 7.95. The molecular formula is C28H33BrFNO4. The van der Waals surface area contributed by atoms with Crippen molar-refractivity contribution in [2.75, 3.05) is 0 Å². The molecule has 4 aliphatic rings. The fraction of sp³-hybridized carbons (Fsp3) is 0.571. The molecule has 0 bridgehead atoms. The van der Waals surface area contributed by atoms with Crippen molar-refractivity contribution in [1.29, 1.82) is 0 Å². The maximum absolute atomic E-state index is 17.2. The Balaban J connectivity index is 1.47. The highest BCUT2D eigenvalue weighted by molar-refractivity contribution is 9.10. The summed E-state index contributed by atoms with van der Waals surface area (Å²) in [6.45, 7) is 5.74. The Kier molecular flexibility index (Phi) is 5.74. The first-order chi connectivity index (χ1) is 16.4. The molecule has 35 heavy (non-hydrogen) atoms. The molecule has 3 saturated carbocycles. The Morgan fingerprint density at radius 3 is 2.60 bits per heavy atom. The van der Waals surface area contributed by atoms with E-state index < -0.39 is 45.9 Å². The molecule has 5 nitrogen and oxygen atoms in total. The van der Waals surface area contributed by atoms with E-state index in [0.29, 0.717) is 19.3 Å². The predicted octanol–water partition coefficient (Wildman–Crippen LogP) is 4.41. The summed E-state index contributed by atoms with van der Waals surface area (Å²) in [5.74, 6) is -1.83. The lowest BCUT2D eigenvalue weighted by Crippen LogP contribution is -2.70. The topological polar surface area (TPSA) is 86.6 Å². The third kappa shape index (κ3) is 3.23. The van der Waals surface area contributed by atoms with Gasteiger partial charge in [0.15, 0.2) is 17.1 Å². The summed E-state index contributed by atoms with van der Waals surface area (Å²) in [4.78, 5) is 25.5. The second-order valence-corrected chi connectivity index (χ2v) is 12.4. The van der Waals surface area contributed by atoms with E-state index in [9.17, 15) is 19.8 Å². The minimum absolute atomic E-state index is 0.0259. The molecule has 3 fully saturated rings. The standard InChI is InChI=1S/C28H33BrFNO4/c1-16-12-22-21-9-6-18-13-20(32)10-11-25(18,2)27(21,30)23(33)14-26(22,3)28(16,35)24(34)31-15-17-4-7-19(29)8-5-17/h4-5,7-8,10-11,13,16,21-23,33,35H,6,9,12,14-15H2,1-3H3,(H,31,34)/t16-,21+,22+,23+,25+,26+,27+,28+/m1/s1. The molecule has 1 aromatic carbocycles. The Hall–Kier alpha value is -1.83. The third-order valence-electron chi connectivity index (χ3n) is 9.94. The van der Waals surface area contributed by atoms with Gasteiger partial charge in [0, 0.05) is 27.8 Å². The number of nitrogens with one attached hydrogen (secondary N) is 1. The normalized spacial score (nSPS) is 44.2. The van der Waals surface area contributed by atoms with Gasteiger partial charge < -0.3 is 15.5 Å². The first-order valence-electron chi connectivity index (χ1n) is 12.4. The number of benzene rings is 1. The number of aliphatic hydroxyl groups is 2. The van der Waals surface area contributed by atoms with Crippen LogP contribution in [0.3, 0.4) is 0 Å². The molecule has 1 amide bonds. The summed E-state index contributed by atoms with van der Waals surface area (Å²) in [6, 6.07) is 7.58. The van der Waals surface area contributed by atoms with Gasteiger partial charge in [0.1, 0.15) is 0 Å². The lowest BCUT2D eigenvalue weighted by Gasteiger charge is -2.62. The number of amides is 1. The van der Waals surface area contributed by atoms with Crippen molar-refractivity contribution in [3.63, 3.8) is 0 Å². The number of carbonyl (C=O) groups excluding carboxylic acids is 2. The Bertz CT molecular complexity index is 1130. The molecule has 0 aromatic heterocycles. The van der Waals surface area contributed by atoms with Crippen LogP contribution in [-0.4, -0.2) is 39.3 Å². The van der Waals surface area contributed by atoms with Gasteiger partial charge >= 0.3 is 0 Å². The molecule has 5 rings (SSSR count). The van der Waals surface area contributed by atoms with Crippen LogP contribution in [0.25, 0.3) is 0 Å². The van der Waals surface area contributed by atoms with Crippen molar-refractivity contribution in [1.82, 2.24) is 5.32 Å². The van der Waals surface area contributed by atoms with Gasteiger partial charge in [-0.1, -0.05) is 53.6 Å². The molecule has 3 N–H and O–H groups in total. The van der Waals surface area contributed by atoms with Crippen LogP contribution in [0.15, 0.2) is 52.5 Å². The molecule has 0 unspecified atom stereocenters. The summed E-state index contributed by atoms with van der Waals surface area (Å²) in [5, 5.41) is 26.3. The molecular weight excluding hydrogens is 513 g/mol. The van der Waals surface area contributed by atoms with Crippen molar-refractivity contribution in [2.45, 2.75) is 70.4 Å². The predicted molar refractivity (Wildman–Crippen MR) is 134 cm³/mol. The first-order valence-corrected chi connectivity index (χ1v) is 13.2. The maximum atomic E-state index is 17.2. The molecule has 7 heteroatoms. The largest absolute Gasteiger partial charge is 0.390 e. The van der Waals surface area contributed by atoms with Gasteiger partial charge in [0.05, 0.1) is 6.10 Å². The van der Waals surface area contributed by atoms with Crippen molar-refractivity contribution in [2.24, 2.45) is 28.6 Å². The zero-order valence-electron chi connectivity index (χ0n) is 20.4. The van der Waals surface area contributed by atoms with Crippen LogP contribution in [0, 0.1) is 28.6 Å². The van der Waals surface area contributed by atoms with Crippen LogP contribution in [0.4, 0.5) is 4.39 Å². The van der Waals surface area contributed by atoms with Crippen molar-refractivity contribution >= 4 is 27.6 Å². The number of hydrogen-bond acceptors (Lipinski definition) is 4. The molecule has 188 valence electrons. The third-order valence-corrected chi connectivity index (χ3v) is 10.5. The first kappa shape index (κ1) is 24.8. The average Bonchev–Trinajstić information content (AvgIpc) is 3.01. The number of halogens is 2. The van der Waals surface area contributed by atoms with Gasteiger partial charge in [-0.05, 0) is 74.3 Å². The molecule has 0 saturated heterocycles. The molecule has 0 spiro atoms. The van der Waals surface area contributed by atoms with E-state index in [4.69, 9.17) is 0 Å². The molecule has 0 aliphatic heterocycles. The smallest absolute Gasteiger partial charge is 0.253 e. The summed E-state index contributed by atoms with van der Waals surface area (Å²) in [7, 11) is 0. The molecule has 0 radical (unpaired) electrons. The monoisotopic (exact) mass is 545 g/mol. The number of ketones is 1. The lowest BCUT2D eigenvalue weighted by atomic mass is 9.44. The summed E-state index contributed by atoms with van der Waals surface area (Å²) < 4.78 is 18.1. The van der Waals surface area contributed by atoms with E-state index in [1.54, 1.807) is 13.0 Å². The van der Waals surface area contributed by atoms with Gasteiger partial charge in [-0.2, -0.15) is 0 Å². The number of hydrogen-bond donors (Lipinski definition) is 3. The highest BCUT2D eigenvalue weighted by Crippen LogP contribution is 2.70. The highest BCUT2D eigenvalue weighted by Gasteiger charge is 2.75. The molecule has 1 aromatic rings. The second-order valence-electron chi connectivity index (χ2n) is 11.5. The highest BCUT2D eigenvalue weighted by atomic mass is 79.9. The van der Waals surface area contributed by atoms with Crippen molar-refractivity contribution in [3.8, 4) is 0 Å². The van der Waals surface area contributed by atoms with Gasteiger partial charge in [-0.25, -0.2) is 4.39 Å². The van der Waals surface area contributed by atoms with Crippen LogP contribution >= 0.6 is 15.9 Å². The number of allylic oxidation sites excluding steroid dienone is 4. The SMILES string of the molecule is C[C@@H]1C[C@H]2[C@@H]3CCC4=CC(=O)C=C[C@]4(C)[C@@]3(F)[C@@H](O)C[C@]2(C)[C@@]1(O)C(=O)NCc1ccc(Br)cc1. The van der Waals surface area contributed by atoms with Gasteiger partial charge in [-0.3, -0.25) is 9.59 Å². The Morgan fingerprint density at radius 1 is 1.23 bits per heavy atom. The zero-order chi connectivity index (χ0) is 25.4. The van der Waals surface area contributed by atoms with E-state index in [-0.39, 0.29) is 24.7 Å². The van der Waals surface area contributed by atoms with Gasteiger partial charge in [-0.15, -0.1) is 0 Å². The van der Waals surface area contributed by atoms with Gasteiger partial charge in [0.25, 0.3) is 5.91 Å². The van der Waals surface area contributed by atoms with E-state index >= 15 is 4.39 Å². The molecule has 8 atom stereocenters. The van der Waals surface area contributed by atoms with E-state index in [2.05, 4.69) is 21.2 Å². The average molecular weight is 546 g/mol. The number of fused-ring (bicyclic) bond motifs is 5. The van der Waals surface area contributed by atoms with Gasteiger partial charge in [0.2, 0.25) is 0 Å².